The number of unbranched alkanes of at least 4 members (excludes halogenated alkanes) is 1. The normalized spacial score (nSPS) is 25.2. The number of ether oxygens (including phenoxy) is 1. The van der Waals surface area contributed by atoms with Gasteiger partial charge in [-0.25, -0.2) is 4.39 Å². The number of carbonyl (C=O) groups excluding carboxylic acids is 1. The summed E-state index contributed by atoms with van der Waals surface area (Å²) in [6.45, 7) is 15.0. The second-order valence-corrected chi connectivity index (χ2v) is 18.1. The van der Waals surface area contributed by atoms with Crippen molar-refractivity contribution in [2.24, 2.45) is 17.8 Å². The zero-order chi connectivity index (χ0) is 28.8. The van der Waals surface area contributed by atoms with Crippen LogP contribution in [0, 0.1) is 17.8 Å². The Balaban J connectivity index is 1.67. The SMILES string of the molecule is CC(C)OC(=O)CCCC=CC[C@@H]1[C@@H](C=C[C@@H](O[Si](C)(C)C(C)(C)C)C2Cc3ccccc3C2)[C@@H](F)C[C@@H]1O. The number of hydrogen-bond acceptors (Lipinski definition) is 4. The standard InChI is InChI=1S/C33H51FO4Si/c1-23(2)37-32(36)17-11-9-8-10-16-28-27(29(34)22-30(28)35)18-19-31(38-39(6,7)33(3,4)5)26-20-24-14-12-13-15-25(24)21-26/h8,10,12-15,18-19,23,26-31,35H,9,11,16-17,20-22H2,1-7H3/t27-,28-,29+,30+,31-/m1/s1. The highest BCUT2D eigenvalue weighted by Crippen LogP contribution is 2.42. The molecule has 0 heterocycles. The molecule has 0 spiro atoms. The summed E-state index contributed by atoms with van der Waals surface area (Å²) < 4.78 is 27.3. The molecule has 6 heteroatoms. The summed E-state index contributed by atoms with van der Waals surface area (Å²) in [5.74, 6) is -0.333. The van der Waals surface area contributed by atoms with Crippen molar-refractivity contribution in [3.8, 4) is 0 Å². The Morgan fingerprint density at radius 2 is 1.79 bits per heavy atom. The van der Waals surface area contributed by atoms with E-state index in [4.69, 9.17) is 9.16 Å². The molecule has 1 N–H and O–H groups in total. The largest absolute Gasteiger partial charge is 0.463 e. The van der Waals surface area contributed by atoms with Gasteiger partial charge in [-0.05, 0) is 87.0 Å². The van der Waals surface area contributed by atoms with Gasteiger partial charge >= 0.3 is 5.97 Å². The van der Waals surface area contributed by atoms with Gasteiger partial charge in [0.05, 0.1) is 18.3 Å². The highest BCUT2D eigenvalue weighted by Gasteiger charge is 2.43. The van der Waals surface area contributed by atoms with E-state index < -0.39 is 20.6 Å². The number of alkyl halides is 1. The molecule has 2 aliphatic carbocycles. The molecule has 0 aliphatic heterocycles. The van der Waals surface area contributed by atoms with Gasteiger partial charge in [-0.2, -0.15) is 0 Å². The molecule has 0 amide bonds. The molecule has 218 valence electrons. The number of benzene rings is 1. The Kier molecular flexibility index (Phi) is 11.2. The van der Waals surface area contributed by atoms with E-state index in [1.807, 2.05) is 32.1 Å². The summed E-state index contributed by atoms with van der Waals surface area (Å²) in [4.78, 5) is 11.7. The predicted octanol–water partition coefficient (Wildman–Crippen LogP) is 7.75. The lowest BCUT2D eigenvalue weighted by atomic mass is 9.89. The molecule has 1 fully saturated rings. The lowest BCUT2D eigenvalue weighted by molar-refractivity contribution is -0.147. The minimum Gasteiger partial charge on any atom is -0.463 e. The maximum atomic E-state index is 15.2. The van der Waals surface area contributed by atoms with Crippen molar-refractivity contribution in [2.45, 2.75) is 122 Å². The van der Waals surface area contributed by atoms with Crippen molar-refractivity contribution in [3.63, 3.8) is 0 Å². The fraction of sp³-hybridized carbons (Fsp3) is 0.667. The summed E-state index contributed by atoms with van der Waals surface area (Å²) >= 11 is 0. The Morgan fingerprint density at radius 1 is 1.15 bits per heavy atom. The van der Waals surface area contributed by atoms with Gasteiger partial charge in [0.25, 0.3) is 0 Å². The summed E-state index contributed by atoms with van der Waals surface area (Å²) in [6.07, 6.45) is 11.0. The number of fused-ring (bicyclic) bond motifs is 1. The third-order valence-electron chi connectivity index (χ3n) is 8.87. The van der Waals surface area contributed by atoms with Crippen LogP contribution < -0.4 is 0 Å². The number of aliphatic hydroxyl groups excluding tert-OH is 1. The van der Waals surface area contributed by atoms with Crippen LogP contribution in [0.5, 0.6) is 0 Å². The van der Waals surface area contributed by atoms with Crippen molar-refractivity contribution in [1.82, 2.24) is 0 Å². The zero-order valence-electron chi connectivity index (χ0n) is 25.2. The molecule has 0 aromatic heterocycles. The fourth-order valence-corrected chi connectivity index (χ4v) is 6.90. The van der Waals surface area contributed by atoms with Crippen LogP contribution in [0.4, 0.5) is 4.39 Å². The first-order valence-corrected chi connectivity index (χ1v) is 17.8. The van der Waals surface area contributed by atoms with Crippen molar-refractivity contribution < 1.29 is 23.5 Å². The quantitative estimate of drug-likeness (QED) is 0.123. The summed E-state index contributed by atoms with van der Waals surface area (Å²) in [5, 5.41) is 10.8. The van der Waals surface area contributed by atoms with Gasteiger partial charge in [0.2, 0.25) is 0 Å². The predicted molar refractivity (Wildman–Crippen MR) is 160 cm³/mol. The lowest BCUT2D eigenvalue weighted by Crippen LogP contribution is -2.45. The highest BCUT2D eigenvalue weighted by atomic mass is 28.4. The second-order valence-electron chi connectivity index (χ2n) is 13.4. The average molecular weight is 559 g/mol. The molecule has 0 radical (unpaired) electrons. The van der Waals surface area contributed by atoms with E-state index in [0.29, 0.717) is 18.8 Å². The molecule has 5 atom stereocenters. The van der Waals surface area contributed by atoms with Gasteiger partial charge in [-0.1, -0.05) is 69.3 Å². The smallest absolute Gasteiger partial charge is 0.306 e. The first-order valence-electron chi connectivity index (χ1n) is 14.9. The van der Waals surface area contributed by atoms with Crippen molar-refractivity contribution in [2.75, 3.05) is 0 Å². The zero-order valence-corrected chi connectivity index (χ0v) is 26.2. The summed E-state index contributed by atoms with van der Waals surface area (Å²) in [6, 6.07) is 8.62. The van der Waals surface area contributed by atoms with Crippen LogP contribution in [0.1, 0.15) is 77.8 Å². The van der Waals surface area contributed by atoms with Gasteiger partial charge in [0, 0.05) is 18.8 Å². The molecule has 2 aliphatic rings. The lowest BCUT2D eigenvalue weighted by Gasteiger charge is -2.40. The van der Waals surface area contributed by atoms with E-state index >= 15 is 4.39 Å². The number of allylic oxidation sites excluding steroid dienone is 3. The Bertz CT molecular complexity index is 971. The Labute approximate surface area is 237 Å². The van der Waals surface area contributed by atoms with E-state index in [9.17, 15) is 9.90 Å². The first kappa shape index (κ1) is 31.8. The minimum absolute atomic E-state index is 0.0787. The number of esters is 1. The van der Waals surface area contributed by atoms with Crippen LogP contribution in [0.15, 0.2) is 48.6 Å². The minimum atomic E-state index is -2.05. The molecular formula is C33H51FO4Si. The Morgan fingerprint density at radius 3 is 2.38 bits per heavy atom. The third kappa shape index (κ3) is 8.86. The fourth-order valence-electron chi connectivity index (χ4n) is 5.59. The number of rotatable bonds is 12. The van der Waals surface area contributed by atoms with Crippen LogP contribution in [0.2, 0.25) is 18.1 Å². The number of hydrogen-bond donors (Lipinski definition) is 1. The molecule has 1 saturated carbocycles. The number of carbonyl (C=O) groups is 1. The maximum absolute atomic E-state index is 15.2. The van der Waals surface area contributed by atoms with E-state index in [1.54, 1.807) is 0 Å². The first-order chi connectivity index (χ1) is 18.3. The van der Waals surface area contributed by atoms with Crippen LogP contribution in [0.3, 0.4) is 0 Å². The van der Waals surface area contributed by atoms with Gasteiger partial charge in [0.1, 0.15) is 6.17 Å². The molecule has 0 bridgehead atoms. The molecule has 39 heavy (non-hydrogen) atoms. The van der Waals surface area contributed by atoms with Crippen molar-refractivity contribution >= 4 is 14.3 Å². The van der Waals surface area contributed by atoms with Crippen LogP contribution in [-0.4, -0.2) is 43.9 Å². The van der Waals surface area contributed by atoms with Gasteiger partial charge < -0.3 is 14.3 Å². The maximum Gasteiger partial charge on any atom is 0.306 e. The third-order valence-corrected chi connectivity index (χ3v) is 13.3. The highest BCUT2D eigenvalue weighted by molar-refractivity contribution is 6.74. The molecule has 1 aromatic rings. The van der Waals surface area contributed by atoms with E-state index in [1.165, 1.54) is 11.1 Å². The van der Waals surface area contributed by atoms with Gasteiger partial charge in [-0.3, -0.25) is 4.79 Å². The number of aliphatic hydroxyl groups is 1. The number of halogens is 1. The monoisotopic (exact) mass is 558 g/mol. The van der Waals surface area contributed by atoms with E-state index in [2.05, 4.69) is 64.2 Å². The summed E-state index contributed by atoms with van der Waals surface area (Å²) in [5.41, 5.74) is 2.78. The molecule has 4 nitrogen and oxygen atoms in total. The summed E-state index contributed by atoms with van der Waals surface area (Å²) in [7, 11) is -2.05. The van der Waals surface area contributed by atoms with Crippen molar-refractivity contribution in [1.29, 1.82) is 0 Å². The topological polar surface area (TPSA) is 55.8 Å². The Hall–Kier alpha value is -1.76. The molecular weight excluding hydrogens is 507 g/mol. The molecule has 0 unspecified atom stereocenters. The second kappa shape index (κ2) is 13.7. The average Bonchev–Trinajstić information content (AvgIpc) is 3.37. The van der Waals surface area contributed by atoms with E-state index in [-0.39, 0.29) is 41.5 Å². The van der Waals surface area contributed by atoms with Crippen LogP contribution in [-0.2, 0) is 26.8 Å². The molecule has 1 aromatic carbocycles. The van der Waals surface area contributed by atoms with E-state index in [0.717, 1.165) is 25.7 Å². The van der Waals surface area contributed by atoms with Gasteiger partial charge in [-0.15, -0.1) is 0 Å². The molecule has 3 rings (SSSR count). The van der Waals surface area contributed by atoms with Crippen LogP contribution in [0.25, 0.3) is 0 Å². The van der Waals surface area contributed by atoms with Crippen molar-refractivity contribution in [3.05, 3.63) is 59.7 Å². The van der Waals surface area contributed by atoms with Gasteiger partial charge in [0.15, 0.2) is 8.32 Å². The van der Waals surface area contributed by atoms with Crippen LogP contribution >= 0.6 is 0 Å². The molecule has 0 saturated heterocycles.